The third-order valence-corrected chi connectivity index (χ3v) is 5.07. The second-order valence-corrected chi connectivity index (χ2v) is 7.39. The number of hydrogen-bond acceptors (Lipinski definition) is 6. The van der Waals surface area contributed by atoms with Crippen molar-refractivity contribution in [1.29, 1.82) is 0 Å². The largest absolute Gasteiger partial charge is 0.460 e. The van der Waals surface area contributed by atoms with Crippen molar-refractivity contribution >= 4 is 51.7 Å². The lowest BCUT2D eigenvalue weighted by atomic mass is 10.2. The number of tetrazole rings is 1. The van der Waals surface area contributed by atoms with Gasteiger partial charge in [0.05, 0.1) is 11.6 Å². The minimum Gasteiger partial charge on any atom is -0.460 e. The maximum absolute atomic E-state index is 6.25. The zero-order chi connectivity index (χ0) is 16.9. The van der Waals surface area contributed by atoms with Gasteiger partial charge in [-0.3, -0.25) is 0 Å². The fourth-order valence-corrected chi connectivity index (χ4v) is 3.59. The summed E-state index contributed by atoms with van der Waals surface area (Å²) >= 11 is 11.3. The predicted molar refractivity (Wildman–Crippen MR) is 105 cm³/mol. The number of nitrogens with one attached hydrogen (secondary N) is 1. The lowest BCUT2D eigenvalue weighted by Crippen LogP contribution is -2.16. The Hall–Kier alpha value is -1.06. The van der Waals surface area contributed by atoms with E-state index in [9.17, 15) is 0 Å². The van der Waals surface area contributed by atoms with Crippen LogP contribution in [0.5, 0.6) is 0 Å². The number of hydrogen-bond donors (Lipinski definition) is 1. The summed E-state index contributed by atoms with van der Waals surface area (Å²) in [5.74, 6) is 2.51. The van der Waals surface area contributed by atoms with Crippen LogP contribution in [-0.4, -0.2) is 32.5 Å². The SMILES string of the molecule is Cl.Cn1nnnc1SCCNCc1ccc(-c2ccc(Br)cc2Cl)o1. The average molecular weight is 465 g/mol. The van der Waals surface area contributed by atoms with Gasteiger partial charge in [0, 0.05) is 29.4 Å². The Kier molecular flexibility index (Phi) is 7.77. The van der Waals surface area contributed by atoms with Gasteiger partial charge < -0.3 is 9.73 Å². The predicted octanol–water partition coefficient (Wildman–Crippen LogP) is 4.19. The molecule has 2 aromatic heterocycles. The van der Waals surface area contributed by atoms with Crippen LogP contribution >= 0.6 is 51.7 Å². The van der Waals surface area contributed by atoms with Crippen molar-refractivity contribution < 1.29 is 4.42 Å². The molecule has 0 saturated heterocycles. The quantitative estimate of drug-likeness (QED) is 0.417. The van der Waals surface area contributed by atoms with E-state index in [-0.39, 0.29) is 12.4 Å². The summed E-state index contributed by atoms with van der Waals surface area (Å²) in [6.45, 7) is 1.48. The molecule has 6 nitrogen and oxygen atoms in total. The van der Waals surface area contributed by atoms with Crippen molar-refractivity contribution in [1.82, 2.24) is 25.5 Å². The van der Waals surface area contributed by atoms with Crippen LogP contribution in [0, 0.1) is 0 Å². The number of rotatable bonds is 7. The summed E-state index contributed by atoms with van der Waals surface area (Å²) in [7, 11) is 1.83. The fraction of sp³-hybridized carbons (Fsp3) is 0.267. The first kappa shape index (κ1) is 20.3. The number of nitrogens with zero attached hydrogens (tertiary/aromatic N) is 4. The van der Waals surface area contributed by atoms with E-state index in [0.29, 0.717) is 11.6 Å². The lowest BCUT2D eigenvalue weighted by molar-refractivity contribution is 0.499. The molecule has 0 aliphatic heterocycles. The van der Waals surface area contributed by atoms with Crippen molar-refractivity contribution in [3.05, 3.63) is 45.6 Å². The lowest BCUT2D eigenvalue weighted by Gasteiger charge is -2.03. The van der Waals surface area contributed by atoms with Crippen LogP contribution in [0.25, 0.3) is 11.3 Å². The number of furan rings is 1. The smallest absolute Gasteiger partial charge is 0.209 e. The van der Waals surface area contributed by atoms with E-state index in [1.54, 1.807) is 16.4 Å². The molecule has 0 bridgehead atoms. The van der Waals surface area contributed by atoms with Crippen LogP contribution in [0.1, 0.15) is 5.76 Å². The number of thioether (sulfide) groups is 1. The average Bonchev–Trinajstić information content (AvgIpc) is 3.17. The summed E-state index contributed by atoms with van der Waals surface area (Å²) < 4.78 is 8.46. The maximum atomic E-state index is 6.25. The van der Waals surface area contributed by atoms with E-state index in [2.05, 4.69) is 36.8 Å². The van der Waals surface area contributed by atoms with E-state index >= 15 is 0 Å². The minimum absolute atomic E-state index is 0. The van der Waals surface area contributed by atoms with Gasteiger partial charge in [0.2, 0.25) is 5.16 Å². The number of aromatic nitrogens is 4. The van der Waals surface area contributed by atoms with Crippen LogP contribution in [-0.2, 0) is 13.6 Å². The Morgan fingerprint density at radius 1 is 1.32 bits per heavy atom. The number of benzene rings is 1. The topological polar surface area (TPSA) is 68.8 Å². The first-order valence-corrected chi connectivity index (χ1v) is 9.39. The van der Waals surface area contributed by atoms with E-state index < -0.39 is 0 Å². The normalized spacial score (nSPS) is 10.7. The molecule has 0 spiro atoms. The molecule has 1 N–H and O–H groups in total. The highest BCUT2D eigenvalue weighted by atomic mass is 79.9. The molecule has 0 amide bonds. The van der Waals surface area contributed by atoms with E-state index in [1.165, 1.54) is 0 Å². The molecule has 0 saturated carbocycles. The van der Waals surface area contributed by atoms with Gasteiger partial charge in [-0.2, -0.15) is 0 Å². The van der Waals surface area contributed by atoms with Crippen LogP contribution < -0.4 is 5.32 Å². The summed E-state index contributed by atoms with van der Waals surface area (Å²) in [4.78, 5) is 0. The zero-order valence-corrected chi connectivity index (χ0v) is 17.3. The van der Waals surface area contributed by atoms with Gasteiger partial charge in [0.15, 0.2) is 0 Å². The molecular formula is C15H16BrCl2N5OS. The Bertz CT molecular complexity index is 826. The monoisotopic (exact) mass is 463 g/mol. The van der Waals surface area contributed by atoms with Crippen LogP contribution in [0.3, 0.4) is 0 Å². The first-order valence-electron chi connectivity index (χ1n) is 7.23. The maximum Gasteiger partial charge on any atom is 0.209 e. The third-order valence-electron chi connectivity index (χ3n) is 3.25. The summed E-state index contributed by atoms with van der Waals surface area (Å²) in [5.41, 5.74) is 0.886. The molecule has 0 aliphatic carbocycles. The van der Waals surface area contributed by atoms with Crippen LogP contribution in [0.4, 0.5) is 0 Å². The van der Waals surface area contributed by atoms with Gasteiger partial charge in [-0.25, -0.2) is 4.68 Å². The highest BCUT2D eigenvalue weighted by Crippen LogP contribution is 2.31. The van der Waals surface area contributed by atoms with Crippen molar-refractivity contribution in [2.45, 2.75) is 11.7 Å². The number of aryl methyl sites for hydroxylation is 1. The molecule has 3 rings (SSSR count). The Labute approximate surface area is 169 Å². The van der Waals surface area contributed by atoms with E-state index in [4.69, 9.17) is 16.0 Å². The van der Waals surface area contributed by atoms with Gasteiger partial charge >= 0.3 is 0 Å². The molecule has 0 aliphatic rings. The molecule has 0 fully saturated rings. The fourth-order valence-electron chi connectivity index (χ4n) is 2.08. The third kappa shape index (κ3) is 5.46. The Morgan fingerprint density at radius 2 is 2.16 bits per heavy atom. The molecule has 0 atom stereocenters. The second kappa shape index (κ2) is 9.59. The molecule has 134 valence electrons. The van der Waals surface area contributed by atoms with Crippen molar-refractivity contribution in [3.63, 3.8) is 0 Å². The molecule has 25 heavy (non-hydrogen) atoms. The molecule has 2 heterocycles. The molecule has 1 aromatic carbocycles. The van der Waals surface area contributed by atoms with Gasteiger partial charge in [0.1, 0.15) is 11.5 Å². The van der Waals surface area contributed by atoms with Gasteiger partial charge in [0.25, 0.3) is 0 Å². The molecule has 0 unspecified atom stereocenters. The highest BCUT2D eigenvalue weighted by molar-refractivity contribution is 9.10. The standard InChI is InChI=1S/C15H15BrClN5OS.ClH/c1-22-15(19-20-21-22)24-7-6-18-9-11-3-5-14(23-11)12-4-2-10(16)8-13(12)17;/h2-5,8,18H,6-7,9H2,1H3;1H. The zero-order valence-electron chi connectivity index (χ0n) is 13.3. The first-order chi connectivity index (χ1) is 11.6. The van der Waals surface area contributed by atoms with Gasteiger partial charge in [-0.15, -0.1) is 17.5 Å². The molecule has 10 heteroatoms. The van der Waals surface area contributed by atoms with E-state index in [1.807, 2.05) is 37.4 Å². The van der Waals surface area contributed by atoms with Gasteiger partial charge in [-0.05, 0) is 40.8 Å². The summed E-state index contributed by atoms with van der Waals surface area (Å²) in [5, 5.41) is 16.1. The molecule has 3 aromatic rings. The summed E-state index contributed by atoms with van der Waals surface area (Å²) in [6.07, 6.45) is 0. The van der Waals surface area contributed by atoms with Crippen molar-refractivity contribution in [2.75, 3.05) is 12.3 Å². The van der Waals surface area contributed by atoms with Crippen LogP contribution in [0.2, 0.25) is 5.02 Å². The second-order valence-electron chi connectivity index (χ2n) is 5.00. The van der Waals surface area contributed by atoms with Gasteiger partial charge in [-0.1, -0.05) is 39.3 Å². The van der Waals surface area contributed by atoms with E-state index in [0.717, 1.165) is 39.0 Å². The molecule has 0 radical (unpaired) electrons. The van der Waals surface area contributed by atoms with Crippen molar-refractivity contribution in [2.24, 2.45) is 7.05 Å². The summed E-state index contributed by atoms with van der Waals surface area (Å²) in [6, 6.07) is 9.64. The Balaban J connectivity index is 0.00000225. The van der Waals surface area contributed by atoms with Crippen LogP contribution in [0.15, 0.2) is 44.4 Å². The number of halogens is 3. The minimum atomic E-state index is 0. The highest BCUT2D eigenvalue weighted by Gasteiger charge is 2.09. The van der Waals surface area contributed by atoms with Crippen molar-refractivity contribution in [3.8, 4) is 11.3 Å². The molecular weight excluding hydrogens is 449 g/mol. The Morgan fingerprint density at radius 3 is 2.88 bits per heavy atom.